The van der Waals surface area contributed by atoms with Gasteiger partial charge in [0.2, 0.25) is 5.91 Å². The molecule has 0 heterocycles. The van der Waals surface area contributed by atoms with Gasteiger partial charge >= 0.3 is 11.9 Å². The lowest BCUT2D eigenvalue weighted by atomic mass is 9.73. The average molecular weight is 745 g/mol. The summed E-state index contributed by atoms with van der Waals surface area (Å²) in [6.45, 7) is 1.79. The molecule has 10 nitrogen and oxygen atoms in total. The Balaban J connectivity index is 1.35. The van der Waals surface area contributed by atoms with Gasteiger partial charge in [0, 0.05) is 13.0 Å². The predicted molar refractivity (Wildman–Crippen MR) is 204 cm³/mol. The molecule has 1 aromatic carbocycles. The Labute approximate surface area is 316 Å². The van der Waals surface area contributed by atoms with Gasteiger partial charge in [-0.2, -0.15) is 12.6 Å². The van der Waals surface area contributed by atoms with Gasteiger partial charge in [-0.3, -0.25) is 14.4 Å². The first-order valence-electron chi connectivity index (χ1n) is 20.1. The van der Waals surface area contributed by atoms with Crippen LogP contribution in [0.3, 0.4) is 0 Å². The number of rotatable bonds is 23. The molecule has 2 saturated carbocycles. The number of aliphatic hydroxyl groups excluding tert-OH is 1. The van der Waals surface area contributed by atoms with Crippen LogP contribution >= 0.6 is 12.6 Å². The SMILES string of the molecule is CCCCC[C@@H](CC[C@@H]1[C@H]2Cc3cccc(OCC(=O)O)c3C[C@H]2C[C@H]1O)OC(=O)[C@@H]1CCCC[C@@H]1C(=O)NC(CN)C(=O)CCCCCCCS. The summed E-state index contributed by atoms with van der Waals surface area (Å²) in [4.78, 5) is 51.5. The topological polar surface area (TPSA) is 165 Å². The Morgan fingerprint density at radius 2 is 1.73 bits per heavy atom. The van der Waals surface area contributed by atoms with E-state index in [4.69, 9.17) is 20.3 Å². The molecule has 1 amide bonds. The lowest BCUT2D eigenvalue weighted by Crippen LogP contribution is -2.50. The number of ketones is 1. The van der Waals surface area contributed by atoms with Crippen molar-refractivity contribution in [2.75, 3.05) is 18.9 Å². The van der Waals surface area contributed by atoms with Crippen LogP contribution in [0, 0.1) is 29.6 Å². The van der Waals surface area contributed by atoms with Gasteiger partial charge in [0.1, 0.15) is 11.9 Å². The lowest BCUT2D eigenvalue weighted by molar-refractivity contribution is -0.161. The van der Waals surface area contributed by atoms with Crippen LogP contribution < -0.4 is 15.8 Å². The fraction of sp³-hybridized carbons (Fsp3) is 0.756. The van der Waals surface area contributed by atoms with Crippen LogP contribution in [0.25, 0.3) is 0 Å². The minimum Gasteiger partial charge on any atom is -0.482 e. The van der Waals surface area contributed by atoms with E-state index in [1.54, 1.807) is 0 Å². The standard InChI is InChI=1S/C41H64N2O8S/c1-2-3-7-14-29(19-20-30-33-22-27-13-12-18-38(50-26-39(46)47)34(27)23-28(33)24-37(30)45)51-41(49)32-16-10-9-15-31(32)40(48)43-35(25-42)36(44)17-8-5-4-6-11-21-52/h12-13,18,28-33,35,37,45,52H,2-11,14-17,19-26,42H2,1H3,(H,43,48)(H,46,47)/t28-,29-,30+,31-,32+,33-,35?,37+/m0/s1. The smallest absolute Gasteiger partial charge is 0.341 e. The fourth-order valence-corrected chi connectivity index (χ4v) is 9.21. The van der Waals surface area contributed by atoms with Gasteiger partial charge in [-0.25, -0.2) is 4.79 Å². The molecule has 0 saturated heterocycles. The minimum absolute atomic E-state index is 0.0334. The van der Waals surface area contributed by atoms with Gasteiger partial charge in [0.25, 0.3) is 0 Å². The Morgan fingerprint density at radius 3 is 2.46 bits per heavy atom. The number of aliphatic carboxylic acids is 1. The third-order valence-electron chi connectivity index (χ3n) is 11.9. The van der Waals surface area contributed by atoms with Crippen molar-refractivity contribution in [3.8, 4) is 5.75 Å². The number of carbonyl (C=O) groups excluding carboxylic acids is 3. The monoisotopic (exact) mass is 744 g/mol. The number of fused-ring (bicyclic) bond motifs is 2. The molecule has 3 aliphatic carbocycles. The van der Waals surface area contributed by atoms with Crippen LogP contribution in [-0.4, -0.2) is 71.0 Å². The number of esters is 1. The quantitative estimate of drug-likeness (QED) is 0.0497. The average Bonchev–Trinajstić information content (AvgIpc) is 3.45. The van der Waals surface area contributed by atoms with Crippen molar-refractivity contribution in [2.24, 2.45) is 35.3 Å². The van der Waals surface area contributed by atoms with Crippen molar-refractivity contribution in [2.45, 2.75) is 147 Å². The number of unbranched alkanes of at least 4 members (excludes halogenated alkanes) is 6. The largest absolute Gasteiger partial charge is 0.482 e. The van der Waals surface area contributed by atoms with Crippen molar-refractivity contribution in [3.05, 3.63) is 29.3 Å². The number of aliphatic hydroxyl groups is 1. The van der Waals surface area contributed by atoms with E-state index in [9.17, 15) is 24.3 Å². The summed E-state index contributed by atoms with van der Waals surface area (Å²) in [5.41, 5.74) is 8.15. The molecule has 1 unspecified atom stereocenters. The summed E-state index contributed by atoms with van der Waals surface area (Å²) < 4.78 is 11.9. The van der Waals surface area contributed by atoms with E-state index in [1.165, 1.54) is 0 Å². The molecular weight excluding hydrogens is 681 g/mol. The zero-order valence-corrected chi connectivity index (χ0v) is 32.2. The molecule has 0 bridgehead atoms. The number of carbonyl (C=O) groups is 4. The van der Waals surface area contributed by atoms with E-state index in [0.717, 1.165) is 107 Å². The molecular formula is C41H64N2O8S. The van der Waals surface area contributed by atoms with E-state index in [-0.39, 0.29) is 54.7 Å². The molecule has 292 valence electrons. The molecule has 1 aromatic rings. The van der Waals surface area contributed by atoms with Crippen molar-refractivity contribution in [3.63, 3.8) is 0 Å². The second-order valence-electron chi connectivity index (χ2n) is 15.5. The molecule has 5 N–H and O–H groups in total. The van der Waals surface area contributed by atoms with Gasteiger partial charge < -0.3 is 30.7 Å². The zero-order valence-electron chi connectivity index (χ0n) is 31.3. The first kappa shape index (κ1) is 42.1. The summed E-state index contributed by atoms with van der Waals surface area (Å²) in [6, 6.07) is 5.06. The summed E-state index contributed by atoms with van der Waals surface area (Å²) in [5, 5.41) is 23.3. The third-order valence-corrected chi connectivity index (χ3v) is 12.2. The Kier molecular flexibility index (Phi) is 17.8. The number of amides is 1. The first-order valence-corrected chi connectivity index (χ1v) is 20.8. The third kappa shape index (κ3) is 12.2. The highest BCUT2D eigenvalue weighted by Crippen LogP contribution is 2.48. The fourth-order valence-electron chi connectivity index (χ4n) is 8.98. The molecule has 0 aromatic heterocycles. The Bertz CT molecular complexity index is 1310. The van der Waals surface area contributed by atoms with E-state index >= 15 is 0 Å². The molecule has 52 heavy (non-hydrogen) atoms. The van der Waals surface area contributed by atoms with Gasteiger partial charge in [-0.15, -0.1) is 0 Å². The summed E-state index contributed by atoms with van der Waals surface area (Å²) in [6.07, 6.45) is 14.8. The summed E-state index contributed by atoms with van der Waals surface area (Å²) in [5.74, 6) is -0.672. The van der Waals surface area contributed by atoms with Crippen LogP contribution in [-0.2, 0) is 36.8 Å². The molecule has 8 atom stereocenters. The summed E-state index contributed by atoms with van der Waals surface area (Å²) in [7, 11) is 0. The van der Waals surface area contributed by atoms with Crippen molar-refractivity contribution in [1.29, 1.82) is 0 Å². The number of ether oxygens (including phenoxy) is 2. The van der Waals surface area contributed by atoms with Crippen LogP contribution in [0.5, 0.6) is 5.75 Å². The number of Topliss-reactive ketones (excluding diaryl/α,β-unsaturated/α-hetero) is 1. The molecule has 2 fully saturated rings. The van der Waals surface area contributed by atoms with Crippen molar-refractivity contribution >= 4 is 36.3 Å². The maximum Gasteiger partial charge on any atom is 0.341 e. The number of nitrogens with two attached hydrogens (primary N) is 1. The minimum atomic E-state index is -1.01. The van der Waals surface area contributed by atoms with E-state index in [0.29, 0.717) is 37.9 Å². The van der Waals surface area contributed by atoms with Gasteiger partial charge in [0.15, 0.2) is 12.4 Å². The normalized spacial score (nSPS) is 25.0. The van der Waals surface area contributed by atoms with Crippen LogP contribution in [0.15, 0.2) is 18.2 Å². The lowest BCUT2D eigenvalue weighted by Gasteiger charge is -2.33. The van der Waals surface area contributed by atoms with Gasteiger partial charge in [0.05, 0.1) is 24.0 Å². The van der Waals surface area contributed by atoms with Gasteiger partial charge in [-0.1, -0.05) is 64.0 Å². The maximum absolute atomic E-state index is 13.9. The Hall–Kier alpha value is -2.63. The maximum atomic E-state index is 13.9. The highest BCUT2D eigenvalue weighted by molar-refractivity contribution is 7.80. The molecule has 4 rings (SSSR count). The number of carboxylic acids is 1. The number of nitrogens with one attached hydrogen (secondary N) is 1. The van der Waals surface area contributed by atoms with Crippen LogP contribution in [0.1, 0.15) is 127 Å². The number of thiol groups is 1. The van der Waals surface area contributed by atoms with Crippen LogP contribution in [0.4, 0.5) is 0 Å². The number of hydrogen-bond acceptors (Lipinski definition) is 9. The second-order valence-corrected chi connectivity index (χ2v) is 16.0. The molecule has 0 aliphatic heterocycles. The summed E-state index contributed by atoms with van der Waals surface area (Å²) >= 11 is 4.25. The van der Waals surface area contributed by atoms with Crippen molar-refractivity contribution < 1.29 is 38.9 Å². The van der Waals surface area contributed by atoms with Crippen LogP contribution in [0.2, 0.25) is 0 Å². The van der Waals surface area contributed by atoms with E-state index in [1.807, 2.05) is 12.1 Å². The number of benzene rings is 1. The number of carboxylic acid groups (broad SMARTS) is 1. The van der Waals surface area contributed by atoms with E-state index < -0.39 is 30.0 Å². The van der Waals surface area contributed by atoms with E-state index in [2.05, 4.69) is 30.9 Å². The molecule has 11 heteroatoms. The number of hydrogen-bond donors (Lipinski definition) is 5. The highest BCUT2D eigenvalue weighted by Gasteiger charge is 2.45. The molecule has 3 aliphatic rings. The Morgan fingerprint density at radius 1 is 0.981 bits per heavy atom. The predicted octanol–water partition coefficient (Wildman–Crippen LogP) is 6.22. The first-order chi connectivity index (χ1) is 25.2. The zero-order chi connectivity index (χ0) is 37.5. The van der Waals surface area contributed by atoms with Gasteiger partial charge in [-0.05, 0) is 111 Å². The second kappa shape index (κ2) is 21.9. The molecule has 0 radical (unpaired) electrons. The van der Waals surface area contributed by atoms with Crippen molar-refractivity contribution in [1.82, 2.24) is 5.32 Å². The molecule has 0 spiro atoms. The highest BCUT2D eigenvalue weighted by atomic mass is 32.1.